The molecule has 0 saturated heterocycles. The lowest BCUT2D eigenvalue weighted by Gasteiger charge is -2.13. The second kappa shape index (κ2) is 8.05. The van der Waals surface area contributed by atoms with Crippen LogP contribution >= 0.6 is 0 Å². The van der Waals surface area contributed by atoms with E-state index in [0.29, 0.717) is 34.4 Å². The molecule has 0 aromatic heterocycles. The minimum Gasteiger partial charge on any atom is -0.507 e. The van der Waals surface area contributed by atoms with E-state index in [1.54, 1.807) is 24.3 Å². The van der Waals surface area contributed by atoms with Gasteiger partial charge in [-0.2, -0.15) is 0 Å². The molecule has 1 heterocycles. The molecule has 1 amide bonds. The van der Waals surface area contributed by atoms with Crippen molar-refractivity contribution in [3.05, 3.63) is 107 Å². The first-order chi connectivity index (χ1) is 17.4. The van der Waals surface area contributed by atoms with Crippen LogP contribution < -0.4 is 5.32 Å². The fourth-order valence-corrected chi connectivity index (χ4v) is 5.48. The molecule has 2 aliphatic rings. The van der Waals surface area contributed by atoms with Crippen LogP contribution in [0.25, 0.3) is 22.3 Å². The maximum atomic E-state index is 15.2. The van der Waals surface area contributed by atoms with Crippen LogP contribution in [-0.2, 0) is 21.4 Å². The van der Waals surface area contributed by atoms with E-state index in [2.05, 4.69) is 5.32 Å². The van der Waals surface area contributed by atoms with E-state index in [0.717, 1.165) is 16.7 Å². The zero-order valence-corrected chi connectivity index (χ0v) is 19.2. The molecule has 2 atom stereocenters. The number of carbonyl (C=O) groups is 2. The molecule has 0 bridgehead atoms. The summed E-state index contributed by atoms with van der Waals surface area (Å²) < 4.78 is 15.2. The Labute approximate surface area is 206 Å². The van der Waals surface area contributed by atoms with Crippen LogP contribution in [0.4, 0.5) is 10.1 Å². The standard InChI is InChI=1S/C30H22FNO4/c31-25-15-26-23(14-22(25)19-10-8-18(9-11-19)21-6-1-2-7-27(21)33)30(29(36)32-26)16-24(30)20-5-3-4-17(12-20)13-28(34)35/h1-12,14-15,24,33H,13,16H2,(H,32,36)(H,34,35). The maximum absolute atomic E-state index is 15.2. The summed E-state index contributed by atoms with van der Waals surface area (Å²) in [6.07, 6.45) is 0.502. The van der Waals surface area contributed by atoms with Crippen molar-refractivity contribution in [1.82, 2.24) is 0 Å². The molecule has 3 N–H and O–H groups in total. The van der Waals surface area contributed by atoms with E-state index < -0.39 is 17.2 Å². The number of hydrogen-bond acceptors (Lipinski definition) is 3. The fraction of sp³-hybridized carbons (Fsp3) is 0.133. The fourth-order valence-electron chi connectivity index (χ4n) is 5.48. The second-order valence-corrected chi connectivity index (χ2v) is 9.47. The molecular weight excluding hydrogens is 457 g/mol. The number of phenolic OH excluding ortho intramolecular Hbond substituents is 1. The van der Waals surface area contributed by atoms with E-state index in [-0.39, 0.29) is 24.0 Å². The summed E-state index contributed by atoms with van der Waals surface area (Å²) in [6, 6.07) is 24.8. The Morgan fingerprint density at radius 2 is 1.67 bits per heavy atom. The van der Waals surface area contributed by atoms with Crippen molar-refractivity contribution in [3.8, 4) is 28.0 Å². The molecule has 4 aromatic carbocycles. The van der Waals surface area contributed by atoms with E-state index in [9.17, 15) is 14.7 Å². The molecule has 6 rings (SSSR count). The summed E-state index contributed by atoms with van der Waals surface area (Å²) in [4.78, 5) is 24.2. The van der Waals surface area contributed by atoms with Gasteiger partial charge in [-0.25, -0.2) is 4.39 Å². The highest BCUT2D eigenvalue weighted by atomic mass is 19.1. The quantitative estimate of drug-likeness (QED) is 0.334. The van der Waals surface area contributed by atoms with Crippen LogP contribution in [0.1, 0.15) is 29.0 Å². The van der Waals surface area contributed by atoms with Crippen LogP contribution in [0, 0.1) is 5.82 Å². The summed E-state index contributed by atoms with van der Waals surface area (Å²) in [5.74, 6) is -1.42. The molecule has 0 radical (unpaired) electrons. The number of rotatable bonds is 5. The number of fused-ring (bicyclic) bond motifs is 2. The molecule has 6 heteroatoms. The number of nitrogens with one attached hydrogen (secondary N) is 1. The Bertz CT molecular complexity index is 1550. The maximum Gasteiger partial charge on any atom is 0.307 e. The van der Waals surface area contributed by atoms with Gasteiger partial charge in [0.2, 0.25) is 5.91 Å². The number of carboxylic acid groups (broad SMARTS) is 1. The van der Waals surface area contributed by atoms with E-state index >= 15 is 4.39 Å². The Morgan fingerprint density at radius 1 is 0.944 bits per heavy atom. The highest BCUT2D eigenvalue weighted by molar-refractivity contribution is 6.10. The molecule has 5 nitrogen and oxygen atoms in total. The predicted molar refractivity (Wildman–Crippen MR) is 134 cm³/mol. The molecule has 1 aliphatic carbocycles. The monoisotopic (exact) mass is 479 g/mol. The van der Waals surface area contributed by atoms with Gasteiger partial charge in [0, 0.05) is 22.7 Å². The number of para-hydroxylation sites is 1. The third kappa shape index (κ3) is 3.45. The minimum absolute atomic E-state index is 0.0809. The molecule has 4 aromatic rings. The number of benzene rings is 4. The number of carbonyl (C=O) groups excluding carboxylic acids is 1. The zero-order valence-electron chi connectivity index (χ0n) is 19.2. The van der Waals surface area contributed by atoms with Gasteiger partial charge in [-0.15, -0.1) is 0 Å². The van der Waals surface area contributed by atoms with Gasteiger partial charge in [-0.05, 0) is 52.4 Å². The first-order valence-corrected chi connectivity index (χ1v) is 11.7. The van der Waals surface area contributed by atoms with Crippen LogP contribution in [0.2, 0.25) is 0 Å². The van der Waals surface area contributed by atoms with Gasteiger partial charge in [0.05, 0.1) is 11.8 Å². The number of anilines is 1. The average Bonchev–Trinajstić information content (AvgIpc) is 3.55. The molecule has 1 fully saturated rings. The average molecular weight is 480 g/mol. The molecule has 1 saturated carbocycles. The third-order valence-electron chi connectivity index (χ3n) is 7.32. The lowest BCUT2D eigenvalue weighted by Crippen LogP contribution is -2.21. The predicted octanol–water partition coefficient (Wildman–Crippen LogP) is 5.87. The van der Waals surface area contributed by atoms with E-state index in [1.807, 2.05) is 54.6 Å². The Balaban J connectivity index is 1.36. The summed E-state index contributed by atoms with van der Waals surface area (Å²) >= 11 is 0. The molecule has 178 valence electrons. The normalized spacial score (nSPS) is 19.7. The van der Waals surface area contributed by atoms with Crippen LogP contribution in [0.5, 0.6) is 5.75 Å². The number of carboxylic acids is 1. The van der Waals surface area contributed by atoms with Gasteiger partial charge in [-0.1, -0.05) is 66.7 Å². The summed E-state index contributed by atoms with van der Waals surface area (Å²) in [5, 5.41) is 22.1. The summed E-state index contributed by atoms with van der Waals surface area (Å²) in [5.41, 5.74) is 4.64. The number of halogens is 1. The van der Waals surface area contributed by atoms with Crippen molar-refractivity contribution in [2.45, 2.75) is 24.2 Å². The second-order valence-electron chi connectivity index (χ2n) is 9.47. The third-order valence-corrected chi connectivity index (χ3v) is 7.32. The highest BCUT2D eigenvalue weighted by Gasteiger charge is 2.65. The van der Waals surface area contributed by atoms with Crippen molar-refractivity contribution in [1.29, 1.82) is 0 Å². The largest absolute Gasteiger partial charge is 0.507 e. The van der Waals surface area contributed by atoms with Gasteiger partial charge in [0.15, 0.2) is 0 Å². The Hall–Kier alpha value is -4.45. The van der Waals surface area contributed by atoms with Gasteiger partial charge >= 0.3 is 5.97 Å². The van der Waals surface area contributed by atoms with Crippen molar-refractivity contribution in [2.24, 2.45) is 0 Å². The van der Waals surface area contributed by atoms with E-state index in [4.69, 9.17) is 5.11 Å². The Morgan fingerprint density at radius 3 is 2.39 bits per heavy atom. The van der Waals surface area contributed by atoms with Crippen molar-refractivity contribution < 1.29 is 24.2 Å². The Kier molecular flexibility index (Phi) is 4.93. The number of aliphatic carboxylic acids is 1. The van der Waals surface area contributed by atoms with Crippen LogP contribution in [-0.4, -0.2) is 22.1 Å². The molecule has 1 spiro atoms. The van der Waals surface area contributed by atoms with Gasteiger partial charge in [0.25, 0.3) is 0 Å². The molecular formula is C30H22FNO4. The minimum atomic E-state index is -0.907. The van der Waals surface area contributed by atoms with Gasteiger partial charge in [0.1, 0.15) is 11.6 Å². The molecule has 1 aliphatic heterocycles. The van der Waals surface area contributed by atoms with Crippen molar-refractivity contribution in [2.75, 3.05) is 5.32 Å². The van der Waals surface area contributed by atoms with Gasteiger partial charge in [-0.3, -0.25) is 9.59 Å². The summed E-state index contributed by atoms with van der Waals surface area (Å²) in [6.45, 7) is 0. The number of hydrogen-bond donors (Lipinski definition) is 3. The van der Waals surface area contributed by atoms with E-state index in [1.165, 1.54) is 6.07 Å². The molecule has 36 heavy (non-hydrogen) atoms. The first-order valence-electron chi connectivity index (χ1n) is 11.7. The number of amides is 1. The highest BCUT2D eigenvalue weighted by Crippen LogP contribution is 2.65. The number of aromatic hydroxyl groups is 1. The lowest BCUT2D eigenvalue weighted by atomic mass is 9.89. The molecule has 2 unspecified atom stereocenters. The lowest BCUT2D eigenvalue weighted by molar-refractivity contribution is -0.136. The van der Waals surface area contributed by atoms with Crippen molar-refractivity contribution in [3.63, 3.8) is 0 Å². The zero-order chi connectivity index (χ0) is 25.0. The van der Waals surface area contributed by atoms with Crippen LogP contribution in [0.3, 0.4) is 0 Å². The SMILES string of the molecule is O=C(O)Cc1cccc(C2CC23C(=O)Nc2cc(F)c(-c4ccc(-c5ccccc5O)cc4)cc23)c1. The smallest absolute Gasteiger partial charge is 0.307 e. The number of phenols is 1. The topological polar surface area (TPSA) is 86.6 Å². The van der Waals surface area contributed by atoms with Crippen LogP contribution in [0.15, 0.2) is 84.9 Å². The van der Waals surface area contributed by atoms with Gasteiger partial charge < -0.3 is 15.5 Å². The first kappa shape index (κ1) is 22.0. The van der Waals surface area contributed by atoms with Crippen molar-refractivity contribution >= 4 is 17.6 Å². The summed E-state index contributed by atoms with van der Waals surface area (Å²) in [7, 11) is 0.